The van der Waals surface area contributed by atoms with Crippen LogP contribution >= 0.6 is 0 Å². The van der Waals surface area contributed by atoms with Crippen molar-refractivity contribution < 1.29 is 19.1 Å². The number of esters is 1. The molecule has 10 nitrogen and oxygen atoms in total. The fraction of sp³-hybridized carbons (Fsp3) is 0.222. The highest BCUT2D eigenvalue weighted by molar-refractivity contribution is 5.97. The van der Waals surface area contributed by atoms with Crippen molar-refractivity contribution in [1.82, 2.24) is 19.6 Å². The Morgan fingerprint density at radius 3 is 2.32 bits per heavy atom. The van der Waals surface area contributed by atoms with Crippen LogP contribution in [-0.4, -0.2) is 43.5 Å². The number of rotatable bonds is 5. The van der Waals surface area contributed by atoms with E-state index >= 15 is 0 Å². The van der Waals surface area contributed by atoms with Gasteiger partial charge in [0, 0.05) is 30.2 Å². The van der Waals surface area contributed by atoms with Crippen molar-refractivity contribution in [2.24, 2.45) is 0 Å². The highest BCUT2D eigenvalue weighted by atomic mass is 16.5. The molecule has 2 heterocycles. The van der Waals surface area contributed by atoms with Crippen molar-refractivity contribution in [3.8, 4) is 0 Å². The molecule has 0 saturated heterocycles. The number of hydrogen-bond donors (Lipinski definition) is 2. The van der Waals surface area contributed by atoms with Gasteiger partial charge in [0.1, 0.15) is 0 Å². The van der Waals surface area contributed by atoms with E-state index in [-0.39, 0.29) is 17.5 Å². The molecule has 2 aromatic heterocycles. The molecule has 0 unspecified atom stereocenters. The van der Waals surface area contributed by atoms with E-state index in [2.05, 4.69) is 25.7 Å². The molecule has 0 aliphatic carbocycles. The third kappa shape index (κ3) is 4.29. The van der Waals surface area contributed by atoms with Crippen LogP contribution in [0.25, 0.3) is 5.78 Å². The molecule has 0 fully saturated rings. The maximum Gasteiger partial charge on any atom is 0.379 e. The van der Waals surface area contributed by atoms with Crippen molar-refractivity contribution in [3.63, 3.8) is 0 Å². The first-order valence-electron chi connectivity index (χ1n) is 8.41. The van der Waals surface area contributed by atoms with E-state index in [4.69, 9.17) is 4.74 Å². The number of aryl methyl sites for hydroxylation is 1. The van der Waals surface area contributed by atoms with Crippen LogP contribution in [0.4, 0.5) is 11.4 Å². The minimum absolute atomic E-state index is 0.180. The second kappa shape index (κ2) is 7.82. The summed E-state index contributed by atoms with van der Waals surface area (Å²) >= 11 is 0. The van der Waals surface area contributed by atoms with Crippen molar-refractivity contribution in [1.29, 1.82) is 0 Å². The van der Waals surface area contributed by atoms with Crippen molar-refractivity contribution >= 4 is 34.9 Å². The largest absolute Gasteiger partial charge is 0.447 e. The third-order valence-electron chi connectivity index (χ3n) is 3.74. The Hall–Kier alpha value is -3.82. The van der Waals surface area contributed by atoms with E-state index in [9.17, 15) is 14.4 Å². The molecule has 3 aromatic rings. The van der Waals surface area contributed by atoms with E-state index in [1.54, 1.807) is 43.5 Å². The fourth-order valence-electron chi connectivity index (χ4n) is 2.34. The molecule has 2 N–H and O–H groups in total. The van der Waals surface area contributed by atoms with Gasteiger partial charge in [-0.15, -0.1) is 5.10 Å². The normalized spacial score (nSPS) is 11.7. The number of benzene rings is 1. The molecule has 0 aliphatic rings. The lowest BCUT2D eigenvalue weighted by Crippen LogP contribution is -2.30. The SMILES string of the molecule is CC(=O)Nc1ccc(NC(=O)[C@@H](C)OC(=O)c2nc3nccc(C)n3n2)cc1. The van der Waals surface area contributed by atoms with Crippen LogP contribution in [0.2, 0.25) is 0 Å². The molecule has 0 aliphatic heterocycles. The van der Waals surface area contributed by atoms with Gasteiger partial charge < -0.3 is 15.4 Å². The topological polar surface area (TPSA) is 128 Å². The Morgan fingerprint density at radius 1 is 1.07 bits per heavy atom. The summed E-state index contributed by atoms with van der Waals surface area (Å²) in [4.78, 5) is 43.5. The number of ether oxygens (including phenoxy) is 1. The molecule has 144 valence electrons. The van der Waals surface area contributed by atoms with Crippen LogP contribution in [0, 0.1) is 6.92 Å². The predicted molar refractivity (Wildman–Crippen MR) is 99.8 cm³/mol. The molecular weight excluding hydrogens is 364 g/mol. The third-order valence-corrected chi connectivity index (χ3v) is 3.74. The summed E-state index contributed by atoms with van der Waals surface area (Å²) in [5.74, 6) is -1.44. The van der Waals surface area contributed by atoms with Gasteiger partial charge in [0.2, 0.25) is 5.91 Å². The molecule has 1 atom stereocenters. The lowest BCUT2D eigenvalue weighted by molar-refractivity contribution is -0.123. The molecule has 0 bridgehead atoms. The van der Waals surface area contributed by atoms with Crippen LogP contribution in [0.15, 0.2) is 36.5 Å². The lowest BCUT2D eigenvalue weighted by atomic mass is 10.2. The summed E-state index contributed by atoms with van der Waals surface area (Å²) in [6.07, 6.45) is 0.491. The Kier molecular flexibility index (Phi) is 5.30. The van der Waals surface area contributed by atoms with E-state index in [1.807, 2.05) is 0 Å². The molecule has 10 heteroatoms. The number of carbonyl (C=O) groups excluding carboxylic acids is 3. The number of carbonyl (C=O) groups is 3. The number of anilines is 2. The van der Waals surface area contributed by atoms with Crippen LogP contribution in [0.5, 0.6) is 0 Å². The van der Waals surface area contributed by atoms with Gasteiger partial charge in [-0.2, -0.15) is 4.98 Å². The Labute approximate surface area is 159 Å². The number of amides is 2. The van der Waals surface area contributed by atoms with Crippen LogP contribution in [0.3, 0.4) is 0 Å². The molecule has 3 rings (SSSR count). The summed E-state index contributed by atoms with van der Waals surface area (Å²) in [6.45, 7) is 4.64. The summed E-state index contributed by atoms with van der Waals surface area (Å²) in [7, 11) is 0. The minimum atomic E-state index is -1.07. The van der Waals surface area contributed by atoms with Crippen LogP contribution in [-0.2, 0) is 14.3 Å². The molecule has 1 aromatic carbocycles. The molecular formula is C18H18N6O4. The first kappa shape index (κ1) is 19.0. The van der Waals surface area contributed by atoms with Crippen LogP contribution < -0.4 is 10.6 Å². The maximum absolute atomic E-state index is 12.3. The maximum atomic E-state index is 12.3. The Balaban J connectivity index is 1.62. The average molecular weight is 382 g/mol. The van der Waals surface area contributed by atoms with Gasteiger partial charge in [-0.25, -0.2) is 14.3 Å². The number of hydrogen-bond acceptors (Lipinski definition) is 7. The minimum Gasteiger partial charge on any atom is -0.447 e. The quantitative estimate of drug-likeness (QED) is 0.641. The first-order valence-corrected chi connectivity index (χ1v) is 8.41. The highest BCUT2D eigenvalue weighted by Gasteiger charge is 2.22. The van der Waals surface area contributed by atoms with Gasteiger partial charge in [-0.3, -0.25) is 9.59 Å². The molecule has 28 heavy (non-hydrogen) atoms. The second-order valence-electron chi connectivity index (χ2n) is 6.03. The van der Waals surface area contributed by atoms with E-state index in [0.29, 0.717) is 11.4 Å². The van der Waals surface area contributed by atoms with Crippen molar-refractivity contribution in [3.05, 3.63) is 48.0 Å². The summed E-state index contributed by atoms with van der Waals surface area (Å²) in [5.41, 5.74) is 1.85. The lowest BCUT2D eigenvalue weighted by Gasteiger charge is -2.12. The summed E-state index contributed by atoms with van der Waals surface area (Å²) < 4.78 is 6.56. The number of nitrogens with one attached hydrogen (secondary N) is 2. The van der Waals surface area contributed by atoms with E-state index in [1.165, 1.54) is 18.4 Å². The summed E-state index contributed by atoms with van der Waals surface area (Å²) in [5, 5.41) is 9.30. The fourth-order valence-corrected chi connectivity index (χ4v) is 2.34. The molecule has 0 saturated carbocycles. The van der Waals surface area contributed by atoms with Crippen LogP contribution in [0.1, 0.15) is 30.2 Å². The number of aromatic nitrogens is 4. The number of fused-ring (bicyclic) bond motifs is 1. The van der Waals surface area contributed by atoms with Gasteiger partial charge in [0.15, 0.2) is 6.10 Å². The van der Waals surface area contributed by atoms with Gasteiger partial charge in [0.25, 0.3) is 17.5 Å². The van der Waals surface area contributed by atoms with Gasteiger partial charge in [-0.05, 0) is 44.2 Å². The Bertz CT molecular complexity index is 1040. The van der Waals surface area contributed by atoms with E-state index in [0.717, 1.165) is 5.69 Å². The monoisotopic (exact) mass is 382 g/mol. The average Bonchev–Trinajstić information content (AvgIpc) is 3.09. The van der Waals surface area contributed by atoms with E-state index < -0.39 is 18.0 Å². The zero-order chi connectivity index (χ0) is 20.3. The van der Waals surface area contributed by atoms with Crippen molar-refractivity contribution in [2.75, 3.05) is 10.6 Å². The standard InChI is InChI=1S/C18H18N6O4/c1-10-8-9-19-18-22-15(23-24(10)18)17(27)28-11(2)16(26)21-14-6-4-13(5-7-14)20-12(3)25/h4-9,11H,1-3H3,(H,20,25)(H,21,26)/t11-/m1/s1. The zero-order valence-corrected chi connectivity index (χ0v) is 15.5. The Morgan fingerprint density at radius 2 is 1.71 bits per heavy atom. The highest BCUT2D eigenvalue weighted by Crippen LogP contribution is 2.14. The second-order valence-corrected chi connectivity index (χ2v) is 6.03. The first-order chi connectivity index (χ1) is 13.3. The van der Waals surface area contributed by atoms with Crippen molar-refractivity contribution in [2.45, 2.75) is 26.9 Å². The van der Waals surface area contributed by atoms with Gasteiger partial charge >= 0.3 is 5.97 Å². The zero-order valence-electron chi connectivity index (χ0n) is 15.5. The number of nitrogens with zero attached hydrogens (tertiary/aromatic N) is 4. The molecule has 0 spiro atoms. The smallest absolute Gasteiger partial charge is 0.379 e. The molecule has 2 amide bonds. The van der Waals surface area contributed by atoms with Gasteiger partial charge in [-0.1, -0.05) is 0 Å². The molecule has 0 radical (unpaired) electrons. The van der Waals surface area contributed by atoms with Gasteiger partial charge in [0.05, 0.1) is 0 Å². The predicted octanol–water partition coefficient (Wildman–Crippen LogP) is 1.58. The summed E-state index contributed by atoms with van der Waals surface area (Å²) in [6, 6.07) is 8.25.